The first-order chi connectivity index (χ1) is 18.8. The SMILES string of the molecule is C=C(CCCC(C)CCCCC(C)CC/C=C(/C)CC[C@@H]1[C@H](C)CCCC1(C)C)CC[C@H]1[C@H](C)CCCC1(C)C. The fourth-order valence-electron chi connectivity index (χ4n) is 8.98. The maximum Gasteiger partial charge on any atom is -0.0320 e. The van der Waals surface area contributed by atoms with Crippen LogP contribution in [0.4, 0.5) is 0 Å². The second kappa shape index (κ2) is 17.6. The Morgan fingerprint density at radius 1 is 0.725 bits per heavy atom. The second-order valence-corrected chi connectivity index (χ2v) is 16.8. The molecular formula is C40H74. The highest BCUT2D eigenvalue weighted by atomic mass is 14.4. The predicted octanol–water partition coefficient (Wildman–Crippen LogP) is 13.8. The molecule has 234 valence electrons. The fraction of sp³-hybridized carbons (Fsp3) is 0.900. The topological polar surface area (TPSA) is 0 Å². The van der Waals surface area contributed by atoms with Gasteiger partial charge in [-0.2, -0.15) is 0 Å². The minimum absolute atomic E-state index is 0.532. The Morgan fingerprint density at radius 2 is 1.20 bits per heavy atom. The molecule has 0 aliphatic heterocycles. The van der Waals surface area contributed by atoms with Gasteiger partial charge < -0.3 is 0 Å². The van der Waals surface area contributed by atoms with E-state index >= 15 is 0 Å². The summed E-state index contributed by atoms with van der Waals surface area (Å²) in [6.07, 6.45) is 28.8. The Bertz CT molecular complexity index is 735. The van der Waals surface area contributed by atoms with Crippen LogP contribution in [-0.4, -0.2) is 0 Å². The maximum atomic E-state index is 4.47. The Kier molecular flexibility index (Phi) is 15.7. The van der Waals surface area contributed by atoms with Crippen molar-refractivity contribution in [2.24, 2.45) is 46.3 Å². The standard InChI is InChI=1S/C40H74/c1-31(19-13-21-33(3)25-27-37-35(5)23-15-29-39(37,7)8)17-11-12-18-32(2)20-14-22-34(4)26-28-38-36(6)24-16-30-40(38,9)10/h22,31-32,35-38H,3,11-21,23-30H2,1-2,4-10H3/b34-22-/t31?,32?,35-,36-,37+,38-/m1/s1. The van der Waals surface area contributed by atoms with Crippen molar-refractivity contribution in [3.8, 4) is 0 Å². The minimum atomic E-state index is 0.532. The molecule has 2 saturated carbocycles. The van der Waals surface area contributed by atoms with Crippen LogP contribution in [0.5, 0.6) is 0 Å². The Balaban J connectivity index is 1.50. The molecule has 0 radical (unpaired) electrons. The highest BCUT2D eigenvalue weighted by Gasteiger charge is 2.37. The normalized spacial score (nSPS) is 28.3. The maximum absolute atomic E-state index is 4.47. The quantitative estimate of drug-likeness (QED) is 0.117. The van der Waals surface area contributed by atoms with Gasteiger partial charge in [0.25, 0.3) is 0 Å². The molecule has 0 aromatic rings. The summed E-state index contributed by atoms with van der Waals surface area (Å²) in [5.74, 6) is 5.36. The molecule has 2 aliphatic carbocycles. The van der Waals surface area contributed by atoms with Gasteiger partial charge in [0.2, 0.25) is 0 Å². The Labute approximate surface area is 254 Å². The monoisotopic (exact) mass is 555 g/mol. The van der Waals surface area contributed by atoms with Crippen LogP contribution >= 0.6 is 0 Å². The molecule has 0 aromatic heterocycles. The van der Waals surface area contributed by atoms with E-state index in [2.05, 4.69) is 75.0 Å². The summed E-state index contributed by atoms with van der Waals surface area (Å²) >= 11 is 0. The van der Waals surface area contributed by atoms with Crippen molar-refractivity contribution in [1.29, 1.82) is 0 Å². The minimum Gasteiger partial charge on any atom is -0.0999 e. The van der Waals surface area contributed by atoms with Crippen molar-refractivity contribution in [2.45, 2.75) is 184 Å². The van der Waals surface area contributed by atoms with Crippen molar-refractivity contribution >= 4 is 0 Å². The van der Waals surface area contributed by atoms with Crippen LogP contribution in [0, 0.1) is 46.3 Å². The molecule has 2 rings (SSSR count). The van der Waals surface area contributed by atoms with Crippen molar-refractivity contribution < 1.29 is 0 Å². The first-order valence-electron chi connectivity index (χ1n) is 18.1. The van der Waals surface area contributed by atoms with E-state index in [1.807, 2.05) is 0 Å². The number of hydrogen-bond donors (Lipinski definition) is 0. The van der Waals surface area contributed by atoms with Crippen LogP contribution in [0.15, 0.2) is 23.8 Å². The van der Waals surface area contributed by atoms with Gasteiger partial charge in [-0.1, -0.05) is 137 Å². The smallest absolute Gasteiger partial charge is 0.0320 e. The molecule has 2 fully saturated rings. The zero-order chi connectivity index (χ0) is 29.8. The average molecular weight is 555 g/mol. The lowest BCUT2D eigenvalue weighted by Gasteiger charge is -2.43. The van der Waals surface area contributed by atoms with E-state index in [-0.39, 0.29) is 0 Å². The van der Waals surface area contributed by atoms with Gasteiger partial charge in [0, 0.05) is 0 Å². The lowest BCUT2D eigenvalue weighted by molar-refractivity contribution is 0.0765. The molecule has 0 saturated heterocycles. The molecule has 0 amide bonds. The number of hydrogen-bond acceptors (Lipinski definition) is 0. The third-order valence-electron chi connectivity index (χ3n) is 12.0. The highest BCUT2D eigenvalue weighted by molar-refractivity contribution is 5.00. The third kappa shape index (κ3) is 12.8. The van der Waals surface area contributed by atoms with E-state index in [1.165, 1.54) is 128 Å². The van der Waals surface area contributed by atoms with E-state index < -0.39 is 0 Å². The summed E-state index contributed by atoms with van der Waals surface area (Å²) in [5.41, 5.74) is 4.24. The summed E-state index contributed by atoms with van der Waals surface area (Å²) in [5, 5.41) is 0. The van der Waals surface area contributed by atoms with Gasteiger partial charge in [-0.15, -0.1) is 0 Å². The first-order valence-corrected chi connectivity index (χ1v) is 18.1. The molecule has 0 spiro atoms. The van der Waals surface area contributed by atoms with Crippen LogP contribution in [0.3, 0.4) is 0 Å². The summed E-state index contributed by atoms with van der Waals surface area (Å²) in [6, 6.07) is 0. The van der Waals surface area contributed by atoms with Crippen molar-refractivity contribution in [2.75, 3.05) is 0 Å². The van der Waals surface area contributed by atoms with Crippen molar-refractivity contribution in [3.63, 3.8) is 0 Å². The summed E-state index contributed by atoms with van der Waals surface area (Å²) in [7, 11) is 0. The van der Waals surface area contributed by atoms with Crippen LogP contribution in [0.25, 0.3) is 0 Å². The molecule has 0 heterocycles. The molecule has 2 unspecified atom stereocenters. The summed E-state index contributed by atoms with van der Waals surface area (Å²) in [4.78, 5) is 0. The van der Waals surface area contributed by atoms with Gasteiger partial charge in [-0.05, 0) is 117 Å². The van der Waals surface area contributed by atoms with Gasteiger partial charge in [-0.3, -0.25) is 0 Å². The van der Waals surface area contributed by atoms with Gasteiger partial charge in [0.15, 0.2) is 0 Å². The predicted molar refractivity (Wildman–Crippen MR) is 182 cm³/mol. The largest absolute Gasteiger partial charge is 0.0999 e. The highest BCUT2D eigenvalue weighted by Crippen LogP contribution is 2.47. The van der Waals surface area contributed by atoms with Crippen LogP contribution < -0.4 is 0 Å². The van der Waals surface area contributed by atoms with Crippen molar-refractivity contribution in [3.05, 3.63) is 23.8 Å². The van der Waals surface area contributed by atoms with E-state index in [1.54, 1.807) is 5.57 Å². The summed E-state index contributed by atoms with van der Waals surface area (Å²) in [6.45, 7) is 26.9. The Hall–Kier alpha value is -0.520. The zero-order valence-electron chi connectivity index (χ0n) is 29.2. The molecular weight excluding hydrogens is 480 g/mol. The lowest BCUT2D eigenvalue weighted by Crippen LogP contribution is -2.33. The van der Waals surface area contributed by atoms with E-state index in [9.17, 15) is 0 Å². The van der Waals surface area contributed by atoms with E-state index in [0.29, 0.717) is 10.8 Å². The lowest BCUT2D eigenvalue weighted by atomic mass is 9.62. The molecule has 6 atom stereocenters. The molecule has 0 bridgehead atoms. The Morgan fingerprint density at radius 3 is 1.73 bits per heavy atom. The molecule has 0 aromatic carbocycles. The second-order valence-electron chi connectivity index (χ2n) is 16.8. The third-order valence-corrected chi connectivity index (χ3v) is 12.0. The van der Waals surface area contributed by atoms with E-state index in [4.69, 9.17) is 0 Å². The molecule has 2 aliphatic rings. The number of rotatable bonds is 18. The van der Waals surface area contributed by atoms with Crippen LogP contribution in [0.1, 0.15) is 184 Å². The van der Waals surface area contributed by atoms with Crippen molar-refractivity contribution in [1.82, 2.24) is 0 Å². The molecule has 40 heavy (non-hydrogen) atoms. The number of allylic oxidation sites excluding steroid dienone is 3. The number of unbranched alkanes of at least 4 members (excludes halogenated alkanes) is 1. The molecule has 0 N–H and O–H groups in total. The molecule has 0 nitrogen and oxygen atoms in total. The van der Waals surface area contributed by atoms with Gasteiger partial charge in [0.05, 0.1) is 0 Å². The van der Waals surface area contributed by atoms with Crippen LogP contribution in [0.2, 0.25) is 0 Å². The van der Waals surface area contributed by atoms with E-state index in [0.717, 1.165) is 35.5 Å². The summed E-state index contributed by atoms with van der Waals surface area (Å²) < 4.78 is 0. The average Bonchev–Trinajstić information content (AvgIpc) is 2.85. The zero-order valence-corrected chi connectivity index (χ0v) is 29.2. The van der Waals surface area contributed by atoms with Gasteiger partial charge in [0.1, 0.15) is 0 Å². The first kappa shape index (κ1) is 35.7. The van der Waals surface area contributed by atoms with Gasteiger partial charge in [-0.25, -0.2) is 0 Å². The van der Waals surface area contributed by atoms with Crippen LogP contribution in [-0.2, 0) is 0 Å². The van der Waals surface area contributed by atoms with Gasteiger partial charge >= 0.3 is 0 Å². The fourth-order valence-corrected chi connectivity index (χ4v) is 8.98. The molecule has 0 heteroatoms.